The van der Waals surface area contributed by atoms with Gasteiger partial charge in [0.15, 0.2) is 0 Å². The molecule has 4 rings (SSSR count). The molecular formula is C21H20ClN5O2S. The predicted octanol–water partition coefficient (Wildman–Crippen LogP) is 4.54. The molecule has 2 heterocycles. The van der Waals surface area contributed by atoms with E-state index < -0.39 is 10.0 Å². The minimum Gasteiger partial charge on any atom is -0.279 e. The van der Waals surface area contributed by atoms with Gasteiger partial charge >= 0.3 is 0 Å². The van der Waals surface area contributed by atoms with Crippen LogP contribution in [0.2, 0.25) is 5.02 Å². The summed E-state index contributed by atoms with van der Waals surface area (Å²) >= 11 is 6.19. The minimum absolute atomic E-state index is 0.0672. The summed E-state index contributed by atoms with van der Waals surface area (Å²) in [5.74, 6) is 0. The third-order valence-corrected chi connectivity index (χ3v) is 6.33. The van der Waals surface area contributed by atoms with Crippen LogP contribution in [-0.2, 0) is 15.4 Å². The van der Waals surface area contributed by atoms with Crippen molar-refractivity contribution in [3.63, 3.8) is 0 Å². The monoisotopic (exact) mass is 441 g/mol. The zero-order chi connectivity index (χ0) is 21.5. The second-order valence-corrected chi connectivity index (χ2v) is 10.0. The predicted molar refractivity (Wildman–Crippen MR) is 117 cm³/mol. The van der Waals surface area contributed by atoms with E-state index in [9.17, 15) is 8.42 Å². The number of rotatable bonds is 4. The Morgan fingerprint density at radius 2 is 1.77 bits per heavy atom. The Morgan fingerprint density at radius 1 is 1.03 bits per heavy atom. The molecular weight excluding hydrogens is 422 g/mol. The number of fused-ring (bicyclic) bond motifs is 1. The van der Waals surface area contributed by atoms with E-state index in [0.29, 0.717) is 27.5 Å². The second kappa shape index (κ2) is 7.37. The van der Waals surface area contributed by atoms with Crippen molar-refractivity contribution in [3.05, 3.63) is 71.4 Å². The highest BCUT2D eigenvalue weighted by Crippen LogP contribution is 2.33. The molecule has 9 heteroatoms. The van der Waals surface area contributed by atoms with Gasteiger partial charge < -0.3 is 0 Å². The van der Waals surface area contributed by atoms with Crippen molar-refractivity contribution in [2.75, 3.05) is 4.72 Å². The smallest absolute Gasteiger partial charge is 0.261 e. The lowest BCUT2D eigenvalue weighted by Crippen LogP contribution is -2.15. The first-order valence-electron chi connectivity index (χ1n) is 9.25. The molecule has 0 saturated heterocycles. The maximum Gasteiger partial charge on any atom is 0.261 e. The van der Waals surface area contributed by atoms with Crippen LogP contribution in [0.15, 0.2) is 65.7 Å². The van der Waals surface area contributed by atoms with Gasteiger partial charge in [0.2, 0.25) is 0 Å². The molecule has 2 aromatic carbocycles. The zero-order valence-corrected chi connectivity index (χ0v) is 18.2. The summed E-state index contributed by atoms with van der Waals surface area (Å²) in [7, 11) is -3.82. The van der Waals surface area contributed by atoms with Crippen LogP contribution in [0.5, 0.6) is 0 Å². The standard InChI is InChI=1S/C21H20ClN5O2S/c1-21(2,3)14-6-9-16(10-7-14)30(28,29)25-18-11-8-15(22)13-17(18)20-19-5-4-12-23-27(19)26-24-20/h4-13,25H,1-3H3. The molecule has 4 aromatic rings. The van der Waals surface area contributed by atoms with E-state index in [4.69, 9.17) is 11.6 Å². The third kappa shape index (κ3) is 3.88. The van der Waals surface area contributed by atoms with Gasteiger partial charge in [-0.05, 0) is 58.7 Å². The summed E-state index contributed by atoms with van der Waals surface area (Å²) in [6.07, 6.45) is 1.59. The first-order valence-corrected chi connectivity index (χ1v) is 11.1. The van der Waals surface area contributed by atoms with Crippen molar-refractivity contribution in [3.8, 4) is 11.3 Å². The lowest BCUT2D eigenvalue weighted by Gasteiger charge is -2.19. The first-order chi connectivity index (χ1) is 14.1. The van der Waals surface area contributed by atoms with Crippen LogP contribution in [0.25, 0.3) is 16.8 Å². The molecule has 0 spiro atoms. The van der Waals surface area contributed by atoms with E-state index in [1.54, 1.807) is 48.7 Å². The molecule has 2 aromatic heterocycles. The molecule has 7 nitrogen and oxygen atoms in total. The van der Waals surface area contributed by atoms with Gasteiger partial charge in [0.25, 0.3) is 10.0 Å². The van der Waals surface area contributed by atoms with Crippen molar-refractivity contribution in [2.24, 2.45) is 0 Å². The molecule has 0 fully saturated rings. The van der Waals surface area contributed by atoms with E-state index in [0.717, 1.165) is 5.56 Å². The Bertz CT molecular complexity index is 1330. The normalized spacial score (nSPS) is 12.3. The fourth-order valence-electron chi connectivity index (χ4n) is 3.08. The number of aromatic nitrogens is 4. The Morgan fingerprint density at radius 3 is 2.47 bits per heavy atom. The average Bonchev–Trinajstić information content (AvgIpc) is 3.13. The number of hydrogen-bond donors (Lipinski definition) is 1. The molecule has 1 N–H and O–H groups in total. The van der Waals surface area contributed by atoms with Gasteiger partial charge in [-0.2, -0.15) is 5.10 Å². The Kier molecular flexibility index (Phi) is 4.99. The second-order valence-electron chi connectivity index (χ2n) is 7.91. The fourth-order valence-corrected chi connectivity index (χ4v) is 4.33. The lowest BCUT2D eigenvalue weighted by atomic mass is 9.87. The van der Waals surface area contributed by atoms with Crippen LogP contribution in [0.1, 0.15) is 26.3 Å². The third-order valence-electron chi connectivity index (χ3n) is 4.72. The van der Waals surface area contributed by atoms with Crippen molar-refractivity contribution in [1.29, 1.82) is 0 Å². The van der Waals surface area contributed by atoms with Crippen molar-refractivity contribution in [2.45, 2.75) is 31.1 Å². The molecule has 0 aliphatic heterocycles. The van der Waals surface area contributed by atoms with E-state index >= 15 is 0 Å². The van der Waals surface area contributed by atoms with Gasteiger partial charge in [-0.3, -0.25) is 4.72 Å². The van der Waals surface area contributed by atoms with Crippen LogP contribution >= 0.6 is 11.6 Å². The van der Waals surface area contributed by atoms with Crippen LogP contribution < -0.4 is 4.72 Å². The SMILES string of the molecule is CC(C)(C)c1ccc(S(=O)(=O)Nc2ccc(Cl)cc2-c2nnn3ncccc23)cc1. The van der Waals surface area contributed by atoms with Crippen LogP contribution in [-0.4, -0.2) is 28.5 Å². The van der Waals surface area contributed by atoms with Crippen molar-refractivity contribution < 1.29 is 8.42 Å². The van der Waals surface area contributed by atoms with Gasteiger partial charge in [-0.1, -0.05) is 44.5 Å². The summed E-state index contributed by atoms with van der Waals surface area (Å²) in [5, 5.41) is 12.7. The zero-order valence-electron chi connectivity index (χ0n) is 16.7. The minimum atomic E-state index is -3.82. The quantitative estimate of drug-likeness (QED) is 0.502. The topological polar surface area (TPSA) is 89.2 Å². The van der Waals surface area contributed by atoms with Gasteiger partial charge in [0, 0.05) is 16.8 Å². The number of halogens is 1. The van der Waals surface area contributed by atoms with E-state index in [-0.39, 0.29) is 10.3 Å². The highest BCUT2D eigenvalue weighted by atomic mass is 35.5. The number of sulfonamides is 1. The molecule has 0 radical (unpaired) electrons. The Balaban J connectivity index is 1.75. The molecule has 0 saturated carbocycles. The number of anilines is 1. The molecule has 0 atom stereocenters. The van der Waals surface area contributed by atoms with E-state index in [1.165, 1.54) is 4.63 Å². The van der Waals surface area contributed by atoms with Gasteiger partial charge in [-0.25, -0.2) is 8.42 Å². The number of hydrogen-bond acceptors (Lipinski definition) is 5. The van der Waals surface area contributed by atoms with E-state index in [1.807, 2.05) is 12.1 Å². The number of benzene rings is 2. The number of nitrogens with zero attached hydrogens (tertiary/aromatic N) is 4. The Hall–Kier alpha value is -2.97. The summed E-state index contributed by atoms with van der Waals surface area (Å²) < 4.78 is 30.1. The van der Waals surface area contributed by atoms with Crippen LogP contribution in [0.4, 0.5) is 5.69 Å². The maximum absolute atomic E-state index is 13.0. The highest BCUT2D eigenvalue weighted by molar-refractivity contribution is 7.92. The van der Waals surface area contributed by atoms with Gasteiger partial charge in [-0.15, -0.1) is 9.73 Å². The molecule has 30 heavy (non-hydrogen) atoms. The average molecular weight is 442 g/mol. The molecule has 0 amide bonds. The van der Waals surface area contributed by atoms with Gasteiger partial charge in [0.05, 0.1) is 10.6 Å². The maximum atomic E-state index is 13.0. The first kappa shape index (κ1) is 20.3. The lowest BCUT2D eigenvalue weighted by molar-refractivity contribution is 0.587. The fraction of sp³-hybridized carbons (Fsp3) is 0.190. The van der Waals surface area contributed by atoms with Gasteiger partial charge in [0.1, 0.15) is 11.2 Å². The van der Waals surface area contributed by atoms with Crippen molar-refractivity contribution >= 4 is 32.8 Å². The Labute approximate surface area is 179 Å². The van der Waals surface area contributed by atoms with Crippen LogP contribution in [0.3, 0.4) is 0 Å². The molecule has 0 unspecified atom stereocenters. The van der Waals surface area contributed by atoms with Crippen molar-refractivity contribution in [1.82, 2.24) is 20.0 Å². The largest absolute Gasteiger partial charge is 0.279 e. The van der Waals surface area contributed by atoms with Crippen LogP contribution in [0, 0.1) is 0 Å². The summed E-state index contributed by atoms with van der Waals surface area (Å²) in [4.78, 5) is 0.172. The summed E-state index contributed by atoms with van der Waals surface area (Å²) in [6, 6.07) is 15.3. The summed E-state index contributed by atoms with van der Waals surface area (Å²) in [6.45, 7) is 6.23. The molecule has 0 aliphatic rings. The summed E-state index contributed by atoms with van der Waals surface area (Å²) in [5.41, 5.74) is 2.96. The highest BCUT2D eigenvalue weighted by Gasteiger charge is 2.21. The molecule has 0 aliphatic carbocycles. The molecule has 0 bridgehead atoms. The molecule has 154 valence electrons. The van der Waals surface area contributed by atoms with E-state index in [2.05, 4.69) is 40.9 Å². The number of nitrogens with one attached hydrogen (secondary N) is 1.